The fourth-order valence-electron chi connectivity index (χ4n) is 2.42. The van der Waals surface area contributed by atoms with E-state index in [1.54, 1.807) is 0 Å². The van der Waals surface area contributed by atoms with Crippen molar-refractivity contribution >= 4 is 17.3 Å². The van der Waals surface area contributed by atoms with Gasteiger partial charge in [-0.2, -0.15) is 0 Å². The topological polar surface area (TPSA) is 21.6 Å². The quantitative estimate of drug-likeness (QED) is 0.785. The lowest BCUT2D eigenvalue weighted by Gasteiger charge is -2.20. The number of aliphatic imine (C=N–C) groups is 1. The number of nitrogens with zero attached hydrogens (tertiary/aromatic N) is 1. The van der Waals surface area contributed by atoms with E-state index >= 15 is 0 Å². The molecule has 0 saturated carbocycles. The largest absolute Gasteiger partial charge is 0.492 e. The van der Waals surface area contributed by atoms with Crippen molar-refractivity contribution in [2.24, 2.45) is 4.99 Å². The zero-order chi connectivity index (χ0) is 13.9. The third kappa shape index (κ3) is 2.70. The molecule has 0 aromatic heterocycles. The summed E-state index contributed by atoms with van der Waals surface area (Å²) < 4.78 is 5.66. The van der Waals surface area contributed by atoms with Crippen molar-refractivity contribution in [3.05, 3.63) is 64.7 Å². The average molecular weight is 286 g/mol. The Bertz CT molecular complexity index is 637. The van der Waals surface area contributed by atoms with Crippen molar-refractivity contribution in [1.29, 1.82) is 0 Å². The third-order valence-electron chi connectivity index (χ3n) is 3.48. The second-order valence-electron chi connectivity index (χ2n) is 4.90. The number of benzene rings is 2. The van der Waals surface area contributed by atoms with Gasteiger partial charge in [-0.3, -0.25) is 4.99 Å². The first-order valence-corrected chi connectivity index (χ1v) is 7.16. The highest BCUT2D eigenvalue weighted by Crippen LogP contribution is 2.29. The molecule has 0 fully saturated rings. The third-order valence-corrected chi connectivity index (χ3v) is 3.72. The monoisotopic (exact) mass is 285 g/mol. The van der Waals surface area contributed by atoms with Crippen LogP contribution in [0.5, 0.6) is 5.75 Å². The van der Waals surface area contributed by atoms with Gasteiger partial charge in [-0.25, -0.2) is 0 Å². The molecule has 2 nitrogen and oxygen atoms in total. The van der Waals surface area contributed by atoms with Gasteiger partial charge in [-0.15, -0.1) is 0 Å². The molecule has 0 saturated heterocycles. The van der Waals surface area contributed by atoms with Crippen LogP contribution in [0.25, 0.3) is 0 Å². The van der Waals surface area contributed by atoms with Gasteiger partial charge in [0.15, 0.2) is 0 Å². The Kier molecular flexibility index (Phi) is 3.75. The molecule has 102 valence electrons. The van der Waals surface area contributed by atoms with Gasteiger partial charge in [0.2, 0.25) is 0 Å². The van der Waals surface area contributed by atoms with Crippen LogP contribution in [0.2, 0.25) is 5.02 Å². The lowest BCUT2D eigenvalue weighted by molar-refractivity contribution is 0.320. The minimum absolute atomic E-state index is 0.135. The molecule has 1 aliphatic rings. The van der Waals surface area contributed by atoms with Crippen molar-refractivity contribution in [2.45, 2.75) is 19.4 Å². The van der Waals surface area contributed by atoms with Gasteiger partial charge in [-0.05, 0) is 30.7 Å². The molecule has 0 N–H and O–H groups in total. The lowest BCUT2D eigenvalue weighted by atomic mass is 10.0. The van der Waals surface area contributed by atoms with Crippen LogP contribution in [0.15, 0.2) is 53.5 Å². The van der Waals surface area contributed by atoms with Crippen LogP contribution in [0, 0.1) is 0 Å². The SMILES string of the molecule is C[C@H](/N=C1/CCOc2ccc(Cl)cc21)c1ccccc1. The van der Waals surface area contributed by atoms with E-state index in [-0.39, 0.29) is 6.04 Å². The van der Waals surface area contributed by atoms with Crippen LogP contribution in [0.4, 0.5) is 0 Å². The Hall–Kier alpha value is -1.80. The van der Waals surface area contributed by atoms with Crippen molar-refractivity contribution < 1.29 is 4.74 Å². The fourth-order valence-corrected chi connectivity index (χ4v) is 2.59. The van der Waals surface area contributed by atoms with Gasteiger partial charge in [-0.1, -0.05) is 41.9 Å². The molecule has 1 heterocycles. The summed E-state index contributed by atoms with van der Waals surface area (Å²) >= 11 is 6.08. The summed E-state index contributed by atoms with van der Waals surface area (Å²) in [5.41, 5.74) is 3.31. The zero-order valence-electron chi connectivity index (χ0n) is 11.3. The Labute approximate surface area is 124 Å². The second-order valence-corrected chi connectivity index (χ2v) is 5.34. The van der Waals surface area contributed by atoms with Crippen LogP contribution in [0.3, 0.4) is 0 Å². The first-order chi connectivity index (χ1) is 9.74. The first-order valence-electron chi connectivity index (χ1n) is 6.78. The van der Waals surface area contributed by atoms with Crippen LogP contribution in [-0.4, -0.2) is 12.3 Å². The molecule has 1 aliphatic heterocycles. The Morgan fingerprint density at radius 1 is 1.15 bits per heavy atom. The molecule has 20 heavy (non-hydrogen) atoms. The van der Waals surface area contributed by atoms with E-state index in [2.05, 4.69) is 19.1 Å². The Balaban J connectivity index is 1.96. The highest BCUT2D eigenvalue weighted by atomic mass is 35.5. The highest BCUT2D eigenvalue weighted by Gasteiger charge is 2.18. The summed E-state index contributed by atoms with van der Waals surface area (Å²) in [7, 11) is 0. The maximum atomic E-state index is 6.08. The van der Waals surface area contributed by atoms with E-state index < -0.39 is 0 Å². The van der Waals surface area contributed by atoms with E-state index in [0.717, 1.165) is 23.4 Å². The molecule has 0 aliphatic carbocycles. The van der Waals surface area contributed by atoms with Crippen LogP contribution in [-0.2, 0) is 0 Å². The van der Waals surface area contributed by atoms with Crippen molar-refractivity contribution in [2.75, 3.05) is 6.61 Å². The van der Waals surface area contributed by atoms with Crippen LogP contribution < -0.4 is 4.74 Å². The number of fused-ring (bicyclic) bond motifs is 1. The predicted molar refractivity (Wildman–Crippen MR) is 83.0 cm³/mol. The summed E-state index contributed by atoms with van der Waals surface area (Å²) in [6.07, 6.45) is 0.824. The van der Waals surface area contributed by atoms with Gasteiger partial charge in [0.1, 0.15) is 5.75 Å². The molecule has 3 heteroatoms. The molecule has 2 aromatic carbocycles. The number of halogens is 1. The minimum Gasteiger partial charge on any atom is -0.492 e. The van der Waals surface area contributed by atoms with E-state index in [1.807, 2.05) is 36.4 Å². The van der Waals surface area contributed by atoms with E-state index in [0.29, 0.717) is 11.6 Å². The lowest BCUT2D eigenvalue weighted by Crippen LogP contribution is -2.17. The maximum absolute atomic E-state index is 6.08. The summed E-state index contributed by atoms with van der Waals surface area (Å²) in [5, 5.41) is 0.717. The molecule has 1 atom stereocenters. The van der Waals surface area contributed by atoms with E-state index in [9.17, 15) is 0 Å². The van der Waals surface area contributed by atoms with E-state index in [4.69, 9.17) is 21.3 Å². The molecule has 2 aromatic rings. The highest BCUT2D eigenvalue weighted by molar-refractivity contribution is 6.31. The number of hydrogen-bond acceptors (Lipinski definition) is 2. The normalized spacial score (nSPS) is 17.4. The first kappa shape index (κ1) is 13.2. The molecular weight excluding hydrogens is 270 g/mol. The fraction of sp³-hybridized carbons (Fsp3) is 0.235. The van der Waals surface area contributed by atoms with Gasteiger partial charge in [0.25, 0.3) is 0 Å². The molecule has 0 bridgehead atoms. The van der Waals surface area contributed by atoms with Crippen molar-refractivity contribution in [1.82, 2.24) is 0 Å². The van der Waals surface area contributed by atoms with Crippen LogP contribution >= 0.6 is 11.6 Å². The number of hydrogen-bond donors (Lipinski definition) is 0. The van der Waals surface area contributed by atoms with Crippen molar-refractivity contribution in [3.8, 4) is 5.75 Å². The average Bonchev–Trinajstić information content (AvgIpc) is 2.49. The summed E-state index contributed by atoms with van der Waals surface area (Å²) in [4.78, 5) is 4.87. The summed E-state index contributed by atoms with van der Waals surface area (Å²) in [5.74, 6) is 0.875. The van der Waals surface area contributed by atoms with Gasteiger partial charge in [0.05, 0.1) is 12.6 Å². The van der Waals surface area contributed by atoms with Gasteiger partial charge < -0.3 is 4.74 Å². The second kappa shape index (κ2) is 5.68. The molecule has 3 rings (SSSR count). The molecule has 0 radical (unpaired) electrons. The molecule has 0 unspecified atom stereocenters. The van der Waals surface area contributed by atoms with Crippen LogP contribution in [0.1, 0.15) is 30.5 Å². The number of rotatable bonds is 2. The molecule has 0 spiro atoms. The Morgan fingerprint density at radius 3 is 2.75 bits per heavy atom. The molecular formula is C17H16ClNO. The minimum atomic E-state index is 0.135. The summed E-state index contributed by atoms with van der Waals surface area (Å²) in [6, 6.07) is 16.2. The maximum Gasteiger partial charge on any atom is 0.128 e. The molecule has 0 amide bonds. The standard InChI is InChI=1S/C17H16ClNO/c1-12(13-5-3-2-4-6-13)19-16-9-10-20-17-8-7-14(18)11-15(16)17/h2-8,11-12H,9-10H2,1H3/b19-16-/t12-/m0/s1. The number of ether oxygens (including phenoxy) is 1. The Morgan fingerprint density at radius 2 is 1.95 bits per heavy atom. The zero-order valence-corrected chi connectivity index (χ0v) is 12.1. The van der Waals surface area contributed by atoms with Gasteiger partial charge in [0, 0.05) is 22.7 Å². The van der Waals surface area contributed by atoms with Crippen molar-refractivity contribution in [3.63, 3.8) is 0 Å². The smallest absolute Gasteiger partial charge is 0.128 e. The van der Waals surface area contributed by atoms with E-state index in [1.165, 1.54) is 5.56 Å². The predicted octanol–water partition coefficient (Wildman–Crippen LogP) is 4.67. The summed E-state index contributed by atoms with van der Waals surface area (Å²) in [6.45, 7) is 2.79. The van der Waals surface area contributed by atoms with Gasteiger partial charge >= 0.3 is 0 Å².